The van der Waals surface area contributed by atoms with Crippen LogP contribution in [0.3, 0.4) is 0 Å². The number of aromatic nitrogens is 4. The number of anilines is 1. The molecule has 126 valence electrons. The SMILES string of the molecule is CSc1ccc([C@@H]2CC(=O)Nc3c2c(C)nn3-c2ncccn2)cc1. The highest BCUT2D eigenvalue weighted by molar-refractivity contribution is 7.98. The molecule has 7 heteroatoms. The van der Waals surface area contributed by atoms with Crippen LogP contribution in [0.2, 0.25) is 0 Å². The van der Waals surface area contributed by atoms with E-state index in [1.165, 1.54) is 4.90 Å². The maximum absolute atomic E-state index is 12.3. The quantitative estimate of drug-likeness (QED) is 0.734. The van der Waals surface area contributed by atoms with E-state index in [9.17, 15) is 4.79 Å². The maximum atomic E-state index is 12.3. The number of aryl methyl sites for hydroxylation is 1. The van der Waals surface area contributed by atoms with E-state index in [1.807, 2.05) is 6.92 Å². The second-order valence-corrected chi connectivity index (χ2v) is 6.77. The number of carbonyl (C=O) groups is 1. The highest BCUT2D eigenvalue weighted by atomic mass is 32.2. The Hall–Kier alpha value is -2.67. The van der Waals surface area contributed by atoms with E-state index >= 15 is 0 Å². The molecule has 0 fully saturated rings. The Kier molecular flexibility index (Phi) is 4.01. The van der Waals surface area contributed by atoms with Gasteiger partial charge < -0.3 is 5.32 Å². The Labute approximate surface area is 149 Å². The summed E-state index contributed by atoms with van der Waals surface area (Å²) in [6, 6.07) is 10.1. The molecule has 1 N–H and O–H groups in total. The Morgan fingerprint density at radius 3 is 2.60 bits per heavy atom. The van der Waals surface area contributed by atoms with Crippen molar-refractivity contribution < 1.29 is 4.79 Å². The molecule has 6 nitrogen and oxygen atoms in total. The van der Waals surface area contributed by atoms with Crippen molar-refractivity contribution >= 4 is 23.5 Å². The van der Waals surface area contributed by atoms with Crippen LogP contribution in [-0.2, 0) is 4.79 Å². The number of hydrogen-bond donors (Lipinski definition) is 1. The fourth-order valence-corrected chi connectivity index (χ4v) is 3.62. The van der Waals surface area contributed by atoms with Crippen molar-refractivity contribution in [3.05, 3.63) is 59.5 Å². The van der Waals surface area contributed by atoms with E-state index in [4.69, 9.17) is 0 Å². The van der Waals surface area contributed by atoms with Gasteiger partial charge in [0.2, 0.25) is 5.91 Å². The van der Waals surface area contributed by atoms with Gasteiger partial charge in [-0.25, -0.2) is 9.97 Å². The Morgan fingerprint density at radius 1 is 1.20 bits per heavy atom. The van der Waals surface area contributed by atoms with E-state index in [0.717, 1.165) is 16.8 Å². The highest BCUT2D eigenvalue weighted by Gasteiger charge is 2.33. The first kappa shape index (κ1) is 15.8. The van der Waals surface area contributed by atoms with E-state index in [1.54, 1.807) is 34.9 Å². The first-order chi connectivity index (χ1) is 12.2. The molecule has 0 bridgehead atoms. The van der Waals surface area contributed by atoms with Gasteiger partial charge in [-0.3, -0.25) is 4.79 Å². The number of fused-ring (bicyclic) bond motifs is 1. The Balaban J connectivity index is 1.83. The number of amides is 1. The highest BCUT2D eigenvalue weighted by Crippen LogP contribution is 2.40. The second-order valence-electron chi connectivity index (χ2n) is 5.89. The summed E-state index contributed by atoms with van der Waals surface area (Å²) in [7, 11) is 0. The molecule has 25 heavy (non-hydrogen) atoms. The number of thioether (sulfide) groups is 1. The normalized spacial score (nSPS) is 16.4. The number of benzene rings is 1. The molecule has 4 rings (SSSR count). The monoisotopic (exact) mass is 351 g/mol. The van der Waals surface area contributed by atoms with Crippen molar-refractivity contribution in [1.82, 2.24) is 19.7 Å². The van der Waals surface area contributed by atoms with Crippen LogP contribution in [0.5, 0.6) is 0 Å². The van der Waals surface area contributed by atoms with Crippen LogP contribution in [0.4, 0.5) is 5.82 Å². The summed E-state index contributed by atoms with van der Waals surface area (Å²) in [6.07, 6.45) is 5.78. The molecule has 0 radical (unpaired) electrons. The van der Waals surface area contributed by atoms with Gasteiger partial charge in [0.15, 0.2) is 0 Å². The summed E-state index contributed by atoms with van der Waals surface area (Å²) in [6.45, 7) is 1.96. The molecule has 1 aliphatic rings. The molecule has 0 saturated heterocycles. The maximum Gasteiger partial charge on any atom is 0.252 e. The lowest BCUT2D eigenvalue weighted by atomic mass is 9.86. The first-order valence-corrected chi connectivity index (χ1v) is 9.20. The van der Waals surface area contributed by atoms with Crippen LogP contribution >= 0.6 is 11.8 Å². The van der Waals surface area contributed by atoms with Gasteiger partial charge in [-0.15, -0.1) is 11.8 Å². The van der Waals surface area contributed by atoms with Crippen LogP contribution in [0, 0.1) is 6.92 Å². The standard InChI is InChI=1S/C18H17N5OS/c1-11-16-14(12-4-6-13(25-2)7-5-12)10-15(24)21-17(16)23(22-11)18-19-8-3-9-20-18/h3-9,14H,10H2,1-2H3,(H,21,24)/t14-/m0/s1. The molecule has 1 atom stereocenters. The average Bonchev–Trinajstić information content (AvgIpc) is 2.98. The van der Waals surface area contributed by atoms with Crippen molar-refractivity contribution in [3.63, 3.8) is 0 Å². The number of nitrogens with one attached hydrogen (secondary N) is 1. The van der Waals surface area contributed by atoms with Gasteiger partial charge in [0.05, 0.1) is 5.69 Å². The van der Waals surface area contributed by atoms with E-state index in [0.29, 0.717) is 18.2 Å². The van der Waals surface area contributed by atoms with Crippen LogP contribution in [0.25, 0.3) is 5.95 Å². The van der Waals surface area contributed by atoms with Gasteiger partial charge in [0, 0.05) is 35.2 Å². The zero-order valence-electron chi connectivity index (χ0n) is 13.9. The molecule has 1 amide bonds. The van der Waals surface area contributed by atoms with Crippen LogP contribution in [0.1, 0.15) is 29.2 Å². The summed E-state index contributed by atoms with van der Waals surface area (Å²) in [5, 5.41) is 7.53. The third-order valence-electron chi connectivity index (χ3n) is 4.36. The van der Waals surface area contributed by atoms with Crippen molar-refractivity contribution in [2.45, 2.75) is 24.2 Å². The van der Waals surface area contributed by atoms with E-state index in [2.05, 4.69) is 50.9 Å². The van der Waals surface area contributed by atoms with Crippen molar-refractivity contribution in [2.24, 2.45) is 0 Å². The smallest absolute Gasteiger partial charge is 0.252 e. The van der Waals surface area contributed by atoms with Gasteiger partial charge in [-0.2, -0.15) is 9.78 Å². The summed E-state index contributed by atoms with van der Waals surface area (Å²) in [5.41, 5.74) is 3.02. The van der Waals surface area contributed by atoms with Crippen LogP contribution < -0.4 is 5.32 Å². The third-order valence-corrected chi connectivity index (χ3v) is 5.11. The largest absolute Gasteiger partial charge is 0.310 e. The van der Waals surface area contributed by atoms with Gasteiger partial charge in [-0.1, -0.05) is 12.1 Å². The fraction of sp³-hybridized carbons (Fsp3) is 0.222. The molecule has 3 heterocycles. The summed E-state index contributed by atoms with van der Waals surface area (Å²) < 4.78 is 1.62. The third kappa shape index (κ3) is 2.80. The molecule has 1 aliphatic heterocycles. The summed E-state index contributed by atoms with van der Waals surface area (Å²) in [4.78, 5) is 22.0. The average molecular weight is 351 g/mol. The Bertz CT molecular complexity index is 921. The van der Waals surface area contributed by atoms with Crippen LogP contribution in [0.15, 0.2) is 47.6 Å². The molecule has 0 spiro atoms. The van der Waals surface area contributed by atoms with Gasteiger partial charge in [0.1, 0.15) is 5.82 Å². The predicted molar refractivity (Wildman–Crippen MR) is 97.2 cm³/mol. The molecular weight excluding hydrogens is 334 g/mol. The second kappa shape index (κ2) is 6.33. The minimum Gasteiger partial charge on any atom is -0.310 e. The molecule has 1 aromatic carbocycles. The minimum atomic E-state index is -0.0245. The Morgan fingerprint density at radius 2 is 1.92 bits per heavy atom. The zero-order chi connectivity index (χ0) is 17.4. The summed E-state index contributed by atoms with van der Waals surface area (Å²) in [5.74, 6) is 1.07. The molecular formula is C18H17N5OS. The number of carbonyl (C=O) groups excluding carboxylic acids is 1. The lowest BCUT2D eigenvalue weighted by Gasteiger charge is -2.24. The molecule has 0 unspecified atom stereocenters. The minimum absolute atomic E-state index is 0.0166. The fourth-order valence-electron chi connectivity index (χ4n) is 3.21. The van der Waals surface area contributed by atoms with Gasteiger partial charge >= 0.3 is 0 Å². The van der Waals surface area contributed by atoms with Crippen molar-refractivity contribution in [1.29, 1.82) is 0 Å². The number of hydrogen-bond acceptors (Lipinski definition) is 5. The van der Waals surface area contributed by atoms with E-state index < -0.39 is 0 Å². The lowest BCUT2D eigenvalue weighted by Crippen LogP contribution is -2.25. The topological polar surface area (TPSA) is 72.7 Å². The lowest BCUT2D eigenvalue weighted by molar-refractivity contribution is -0.116. The molecule has 0 aliphatic carbocycles. The van der Waals surface area contributed by atoms with Crippen molar-refractivity contribution in [3.8, 4) is 5.95 Å². The molecule has 0 saturated carbocycles. The molecule has 2 aromatic heterocycles. The van der Waals surface area contributed by atoms with E-state index in [-0.39, 0.29) is 11.8 Å². The first-order valence-electron chi connectivity index (χ1n) is 7.98. The zero-order valence-corrected chi connectivity index (χ0v) is 14.7. The predicted octanol–water partition coefficient (Wildman–Crippen LogP) is 3.17. The van der Waals surface area contributed by atoms with Crippen molar-refractivity contribution in [2.75, 3.05) is 11.6 Å². The number of rotatable bonds is 3. The van der Waals surface area contributed by atoms with Gasteiger partial charge in [-0.05, 0) is 36.9 Å². The van der Waals surface area contributed by atoms with Crippen LogP contribution in [-0.4, -0.2) is 31.9 Å². The summed E-state index contributed by atoms with van der Waals surface area (Å²) >= 11 is 1.70. The molecule has 3 aromatic rings. The van der Waals surface area contributed by atoms with Gasteiger partial charge in [0.25, 0.3) is 5.95 Å². The number of nitrogens with zero attached hydrogens (tertiary/aromatic N) is 4.